The number of hydrogen-bond donors (Lipinski definition) is 2. The Labute approximate surface area is 173 Å². The minimum absolute atomic E-state index is 0.0843. The van der Waals surface area contributed by atoms with Crippen LogP contribution in [0.3, 0.4) is 0 Å². The van der Waals surface area contributed by atoms with Crippen LogP contribution in [0.15, 0.2) is 77.9 Å². The Balaban J connectivity index is 1.61. The smallest absolute Gasteiger partial charge is 0.337 e. The number of benzene rings is 3. The van der Waals surface area contributed by atoms with Crippen molar-refractivity contribution in [3.63, 3.8) is 0 Å². The predicted octanol–water partition coefficient (Wildman–Crippen LogP) is 3.52. The van der Waals surface area contributed by atoms with E-state index in [0.717, 1.165) is 5.56 Å². The van der Waals surface area contributed by atoms with Gasteiger partial charge in [-0.1, -0.05) is 24.3 Å². The van der Waals surface area contributed by atoms with Crippen LogP contribution in [0.2, 0.25) is 0 Å². The molecule has 7 heteroatoms. The van der Waals surface area contributed by atoms with E-state index in [2.05, 4.69) is 15.3 Å². The van der Waals surface area contributed by atoms with E-state index in [1.807, 2.05) is 18.2 Å². The fraction of sp³-hybridized carbons (Fsp3) is 0.0870. The fourth-order valence-electron chi connectivity index (χ4n) is 2.57. The molecule has 0 saturated carbocycles. The molecule has 7 nitrogen and oxygen atoms in total. The molecule has 30 heavy (non-hydrogen) atoms. The summed E-state index contributed by atoms with van der Waals surface area (Å²) in [7, 11) is 1.34. The highest BCUT2D eigenvalue weighted by atomic mass is 16.5. The molecule has 0 aliphatic heterocycles. The van der Waals surface area contributed by atoms with Crippen molar-refractivity contribution < 1.29 is 24.2 Å². The van der Waals surface area contributed by atoms with Crippen molar-refractivity contribution in [2.75, 3.05) is 7.11 Å². The number of methoxy groups -OCH3 is 1. The molecule has 0 spiro atoms. The second kappa shape index (κ2) is 9.88. The summed E-state index contributed by atoms with van der Waals surface area (Å²) >= 11 is 0. The van der Waals surface area contributed by atoms with Gasteiger partial charge in [-0.05, 0) is 54.1 Å². The highest BCUT2D eigenvalue weighted by molar-refractivity contribution is 5.95. The van der Waals surface area contributed by atoms with Crippen molar-refractivity contribution in [3.05, 3.63) is 95.1 Å². The highest BCUT2D eigenvalue weighted by Gasteiger charge is 2.07. The molecule has 0 aliphatic rings. The molecule has 0 radical (unpaired) electrons. The van der Waals surface area contributed by atoms with Gasteiger partial charge in [-0.2, -0.15) is 5.10 Å². The first-order valence-electron chi connectivity index (χ1n) is 9.08. The number of para-hydroxylation sites is 1. The molecular weight excluding hydrogens is 384 g/mol. The summed E-state index contributed by atoms with van der Waals surface area (Å²) in [5, 5.41) is 13.3. The van der Waals surface area contributed by atoms with Crippen molar-refractivity contribution in [1.82, 2.24) is 5.43 Å². The number of carbonyl (C=O) groups excluding carboxylic acids is 2. The van der Waals surface area contributed by atoms with Crippen LogP contribution < -0.4 is 10.2 Å². The maximum absolute atomic E-state index is 12.1. The van der Waals surface area contributed by atoms with Crippen molar-refractivity contribution >= 4 is 18.1 Å². The zero-order valence-electron chi connectivity index (χ0n) is 16.2. The number of hydrazone groups is 1. The Morgan fingerprint density at radius 2 is 1.63 bits per heavy atom. The second-order valence-electron chi connectivity index (χ2n) is 6.26. The Morgan fingerprint density at radius 1 is 0.967 bits per heavy atom. The minimum atomic E-state index is -0.393. The largest absolute Gasteiger partial charge is 0.508 e. The number of phenols is 1. The summed E-state index contributed by atoms with van der Waals surface area (Å²) in [6.07, 6.45) is 1.49. The second-order valence-corrected chi connectivity index (χ2v) is 6.26. The van der Waals surface area contributed by atoms with Gasteiger partial charge >= 0.3 is 5.97 Å². The average Bonchev–Trinajstić information content (AvgIpc) is 2.78. The van der Waals surface area contributed by atoms with E-state index >= 15 is 0 Å². The summed E-state index contributed by atoms with van der Waals surface area (Å²) in [5.41, 5.74) is 4.86. The lowest BCUT2D eigenvalue weighted by atomic mass is 10.1. The summed E-state index contributed by atoms with van der Waals surface area (Å²) in [5.74, 6) is -0.105. The van der Waals surface area contributed by atoms with Crippen LogP contribution in [0.1, 0.15) is 31.8 Å². The molecule has 0 aromatic heterocycles. The summed E-state index contributed by atoms with van der Waals surface area (Å²) < 4.78 is 10.5. The highest BCUT2D eigenvalue weighted by Crippen LogP contribution is 2.18. The molecule has 0 unspecified atom stereocenters. The molecule has 0 heterocycles. The Bertz CT molecular complexity index is 1040. The van der Waals surface area contributed by atoms with E-state index in [4.69, 9.17) is 4.74 Å². The summed E-state index contributed by atoms with van der Waals surface area (Å²) in [4.78, 5) is 23.6. The Morgan fingerprint density at radius 3 is 2.33 bits per heavy atom. The topological polar surface area (TPSA) is 97.2 Å². The van der Waals surface area contributed by atoms with E-state index in [1.165, 1.54) is 37.6 Å². The quantitative estimate of drug-likeness (QED) is 0.357. The van der Waals surface area contributed by atoms with Gasteiger partial charge in [0.2, 0.25) is 0 Å². The molecule has 3 aromatic rings. The van der Waals surface area contributed by atoms with Gasteiger partial charge in [0.25, 0.3) is 5.91 Å². The number of esters is 1. The maximum Gasteiger partial charge on any atom is 0.337 e. The van der Waals surface area contributed by atoms with E-state index in [9.17, 15) is 14.7 Å². The van der Waals surface area contributed by atoms with E-state index in [-0.39, 0.29) is 5.75 Å². The van der Waals surface area contributed by atoms with E-state index < -0.39 is 11.9 Å². The first-order valence-corrected chi connectivity index (χ1v) is 9.08. The average molecular weight is 404 g/mol. The zero-order chi connectivity index (χ0) is 21.3. The predicted molar refractivity (Wildman–Crippen MR) is 112 cm³/mol. The zero-order valence-corrected chi connectivity index (χ0v) is 16.2. The number of rotatable bonds is 7. The van der Waals surface area contributed by atoms with Gasteiger partial charge in [0.15, 0.2) is 0 Å². The van der Waals surface area contributed by atoms with Gasteiger partial charge in [-0.25, -0.2) is 10.2 Å². The molecule has 0 aliphatic carbocycles. The normalized spacial score (nSPS) is 10.6. The van der Waals surface area contributed by atoms with Crippen LogP contribution in [0.5, 0.6) is 11.5 Å². The van der Waals surface area contributed by atoms with Crippen molar-refractivity contribution in [2.45, 2.75) is 6.61 Å². The van der Waals surface area contributed by atoms with Crippen molar-refractivity contribution in [3.8, 4) is 11.5 Å². The number of nitrogens with zero attached hydrogens (tertiary/aromatic N) is 1. The van der Waals surface area contributed by atoms with E-state index in [1.54, 1.807) is 30.3 Å². The lowest BCUT2D eigenvalue weighted by Gasteiger charge is -2.09. The SMILES string of the molecule is COC(=O)c1ccc(COc2ccccc2/C=N/NC(=O)c2ccc(O)cc2)cc1. The number of carbonyl (C=O) groups is 2. The van der Waals surface area contributed by atoms with Gasteiger partial charge in [-0.15, -0.1) is 0 Å². The Hall–Kier alpha value is -4.13. The molecule has 2 N–H and O–H groups in total. The lowest BCUT2D eigenvalue weighted by molar-refractivity contribution is 0.0600. The van der Waals surface area contributed by atoms with Gasteiger partial charge in [0, 0.05) is 11.1 Å². The maximum atomic E-state index is 12.1. The third-order valence-corrected chi connectivity index (χ3v) is 4.19. The van der Waals surface area contributed by atoms with Crippen molar-refractivity contribution in [1.29, 1.82) is 0 Å². The van der Waals surface area contributed by atoms with Crippen LogP contribution in [-0.2, 0) is 11.3 Å². The Kier molecular flexibility index (Phi) is 6.78. The number of aromatic hydroxyl groups is 1. The summed E-state index contributed by atoms with van der Waals surface area (Å²) in [6, 6.07) is 20.1. The number of hydrogen-bond acceptors (Lipinski definition) is 6. The fourth-order valence-corrected chi connectivity index (χ4v) is 2.57. The lowest BCUT2D eigenvalue weighted by Crippen LogP contribution is -2.17. The van der Waals surface area contributed by atoms with Gasteiger partial charge in [0.1, 0.15) is 18.1 Å². The molecule has 0 saturated heterocycles. The standard InChI is InChI=1S/C23H20N2O5/c1-29-23(28)18-8-6-16(7-9-18)15-30-21-5-3-2-4-19(21)14-24-25-22(27)17-10-12-20(26)13-11-17/h2-14,26H,15H2,1H3,(H,25,27)/b24-14+. The molecular formula is C23H20N2O5. The molecule has 0 bridgehead atoms. The van der Waals surface area contributed by atoms with Crippen LogP contribution in [0, 0.1) is 0 Å². The molecule has 152 valence electrons. The molecule has 1 amide bonds. The number of nitrogens with one attached hydrogen (secondary N) is 1. The van der Waals surface area contributed by atoms with Gasteiger partial charge < -0.3 is 14.6 Å². The van der Waals surface area contributed by atoms with Gasteiger partial charge in [-0.3, -0.25) is 4.79 Å². The van der Waals surface area contributed by atoms with Crippen molar-refractivity contribution in [2.24, 2.45) is 5.10 Å². The first-order chi connectivity index (χ1) is 14.6. The summed E-state index contributed by atoms with van der Waals surface area (Å²) in [6.45, 7) is 0.298. The molecule has 3 aromatic carbocycles. The first kappa shape index (κ1) is 20.6. The van der Waals surface area contributed by atoms with Gasteiger partial charge in [0.05, 0.1) is 18.9 Å². The molecule has 0 atom stereocenters. The van der Waals surface area contributed by atoms with Crippen LogP contribution in [0.25, 0.3) is 0 Å². The van der Waals surface area contributed by atoms with E-state index in [0.29, 0.717) is 29.0 Å². The monoisotopic (exact) mass is 404 g/mol. The molecule has 3 rings (SSSR count). The third-order valence-electron chi connectivity index (χ3n) is 4.19. The number of amides is 1. The number of phenolic OH excluding ortho intramolecular Hbond substituents is 1. The molecule has 0 fully saturated rings. The third kappa shape index (κ3) is 5.45. The minimum Gasteiger partial charge on any atom is -0.508 e. The van der Waals surface area contributed by atoms with Crippen LogP contribution in [-0.4, -0.2) is 30.3 Å². The van der Waals surface area contributed by atoms with Crippen LogP contribution in [0.4, 0.5) is 0 Å². The van der Waals surface area contributed by atoms with Crippen LogP contribution >= 0.6 is 0 Å². The number of ether oxygens (including phenoxy) is 2.